The molecule has 0 unspecified atom stereocenters. The van der Waals surface area contributed by atoms with E-state index in [1.807, 2.05) is 0 Å². The van der Waals surface area contributed by atoms with Crippen molar-refractivity contribution in [2.45, 2.75) is 33.1 Å². The van der Waals surface area contributed by atoms with E-state index < -0.39 is 0 Å². The number of hydrogen-bond donors (Lipinski definition) is 2. The fourth-order valence-corrected chi connectivity index (χ4v) is 2.56. The summed E-state index contributed by atoms with van der Waals surface area (Å²) in [6.07, 6.45) is 3.10. The van der Waals surface area contributed by atoms with Gasteiger partial charge in [0.15, 0.2) is 0 Å². The van der Waals surface area contributed by atoms with Gasteiger partial charge in [-0.1, -0.05) is 20.3 Å². The number of unbranched alkanes of at least 4 members (excludes halogenated alkanes) is 1. The second-order valence-corrected chi connectivity index (χ2v) is 5.10. The fraction of sp³-hybridized carbons (Fsp3) is 0.500. The maximum absolute atomic E-state index is 5.72. The van der Waals surface area contributed by atoms with Gasteiger partial charge in [-0.05, 0) is 18.9 Å². The number of fused-ring (bicyclic) bond motifs is 1. The normalized spacial score (nSPS) is 10.8. The third-order valence-corrected chi connectivity index (χ3v) is 3.80. The van der Waals surface area contributed by atoms with E-state index in [1.54, 1.807) is 11.3 Å². The van der Waals surface area contributed by atoms with Gasteiger partial charge in [-0.25, -0.2) is 10.8 Å². The molecule has 3 N–H and O–H groups in total. The minimum atomic E-state index is 0.401. The molecule has 0 aromatic carbocycles. The van der Waals surface area contributed by atoms with Crippen molar-refractivity contribution in [3.8, 4) is 5.88 Å². The molecule has 0 aliphatic carbocycles. The van der Waals surface area contributed by atoms with E-state index in [9.17, 15) is 0 Å². The van der Waals surface area contributed by atoms with E-state index in [1.165, 1.54) is 4.88 Å². The molecular formula is C12H18N4OS. The first-order valence-electron chi connectivity index (χ1n) is 6.18. The monoisotopic (exact) mass is 266 g/mol. The van der Waals surface area contributed by atoms with Crippen molar-refractivity contribution >= 4 is 27.5 Å². The summed E-state index contributed by atoms with van der Waals surface area (Å²) in [6.45, 7) is 4.92. The van der Waals surface area contributed by atoms with Crippen LogP contribution in [0.25, 0.3) is 10.2 Å². The Balaban J connectivity index is 2.37. The summed E-state index contributed by atoms with van der Waals surface area (Å²) >= 11 is 1.65. The summed E-state index contributed by atoms with van der Waals surface area (Å²) in [5.74, 6) is 6.40. The molecule has 98 valence electrons. The molecule has 0 aliphatic rings. The van der Waals surface area contributed by atoms with E-state index in [0.717, 1.165) is 29.5 Å². The zero-order chi connectivity index (χ0) is 13.0. The summed E-state index contributed by atoms with van der Waals surface area (Å²) in [6, 6.07) is 2.10. The second-order valence-electron chi connectivity index (χ2n) is 3.98. The molecule has 2 aromatic heterocycles. The van der Waals surface area contributed by atoms with Crippen LogP contribution >= 0.6 is 11.3 Å². The number of thiophene rings is 1. The maximum atomic E-state index is 5.72. The van der Waals surface area contributed by atoms with Crippen LogP contribution in [-0.4, -0.2) is 16.6 Å². The van der Waals surface area contributed by atoms with Crippen LogP contribution in [0.15, 0.2) is 6.07 Å². The minimum Gasteiger partial charge on any atom is -0.477 e. The van der Waals surface area contributed by atoms with Crippen molar-refractivity contribution in [3.63, 3.8) is 0 Å². The van der Waals surface area contributed by atoms with Gasteiger partial charge in [0.25, 0.3) is 0 Å². The van der Waals surface area contributed by atoms with Crippen LogP contribution in [0.5, 0.6) is 5.88 Å². The number of rotatable bonds is 6. The minimum absolute atomic E-state index is 0.401. The predicted molar refractivity (Wildman–Crippen MR) is 75.0 cm³/mol. The Morgan fingerprint density at radius 2 is 2.22 bits per heavy atom. The molecule has 2 aromatic rings. The van der Waals surface area contributed by atoms with E-state index in [0.29, 0.717) is 18.4 Å². The molecule has 6 heteroatoms. The highest BCUT2D eigenvalue weighted by Gasteiger charge is 2.11. The predicted octanol–water partition coefficient (Wildman–Crippen LogP) is 2.72. The number of ether oxygens (including phenoxy) is 1. The van der Waals surface area contributed by atoms with Crippen molar-refractivity contribution in [1.29, 1.82) is 0 Å². The molecule has 0 atom stereocenters. The van der Waals surface area contributed by atoms with Crippen molar-refractivity contribution in [3.05, 3.63) is 10.9 Å². The molecule has 2 heterocycles. The lowest BCUT2D eigenvalue weighted by Crippen LogP contribution is -2.11. The molecule has 0 spiro atoms. The Morgan fingerprint density at radius 3 is 2.89 bits per heavy atom. The largest absolute Gasteiger partial charge is 0.477 e. The molecule has 18 heavy (non-hydrogen) atoms. The average molecular weight is 266 g/mol. The summed E-state index contributed by atoms with van der Waals surface area (Å²) in [4.78, 5) is 10.8. The number of nitrogens with two attached hydrogens (primary N) is 1. The third kappa shape index (κ3) is 2.70. The molecule has 2 rings (SSSR count). The SMILES string of the molecule is CCCCOc1nc(NN)nc2sc(CC)cc12. The smallest absolute Gasteiger partial charge is 0.241 e. The van der Waals surface area contributed by atoms with Gasteiger partial charge < -0.3 is 4.74 Å². The highest BCUT2D eigenvalue weighted by Crippen LogP contribution is 2.31. The van der Waals surface area contributed by atoms with Crippen LogP contribution in [0, 0.1) is 0 Å². The van der Waals surface area contributed by atoms with Crippen molar-refractivity contribution in [1.82, 2.24) is 9.97 Å². The molecule has 0 bridgehead atoms. The summed E-state index contributed by atoms with van der Waals surface area (Å²) in [5.41, 5.74) is 2.48. The first-order valence-corrected chi connectivity index (χ1v) is 7.00. The zero-order valence-corrected chi connectivity index (χ0v) is 11.5. The number of aryl methyl sites for hydroxylation is 1. The lowest BCUT2D eigenvalue weighted by atomic mass is 10.3. The summed E-state index contributed by atoms with van der Waals surface area (Å²) in [5, 5.41) is 0.979. The quantitative estimate of drug-likeness (QED) is 0.478. The van der Waals surface area contributed by atoms with E-state index in [2.05, 4.69) is 35.3 Å². The van der Waals surface area contributed by atoms with Gasteiger partial charge in [-0.3, -0.25) is 5.43 Å². The topological polar surface area (TPSA) is 73.1 Å². The summed E-state index contributed by atoms with van der Waals surface area (Å²) < 4.78 is 5.72. The number of aromatic nitrogens is 2. The van der Waals surface area contributed by atoms with Gasteiger partial charge in [-0.2, -0.15) is 4.98 Å². The Kier molecular flexibility index (Phi) is 4.33. The van der Waals surface area contributed by atoms with Gasteiger partial charge >= 0.3 is 0 Å². The van der Waals surface area contributed by atoms with Gasteiger partial charge in [0.05, 0.1) is 12.0 Å². The molecule has 0 amide bonds. The van der Waals surface area contributed by atoms with Crippen molar-refractivity contribution in [2.75, 3.05) is 12.0 Å². The number of nitrogen functional groups attached to an aromatic ring is 1. The van der Waals surface area contributed by atoms with Crippen molar-refractivity contribution < 1.29 is 4.74 Å². The van der Waals surface area contributed by atoms with Crippen LogP contribution < -0.4 is 16.0 Å². The van der Waals surface area contributed by atoms with Crippen molar-refractivity contribution in [2.24, 2.45) is 5.84 Å². The average Bonchev–Trinajstić information content (AvgIpc) is 2.81. The van der Waals surface area contributed by atoms with Gasteiger partial charge in [-0.15, -0.1) is 11.3 Å². The number of hydrogen-bond acceptors (Lipinski definition) is 6. The van der Waals surface area contributed by atoms with Gasteiger partial charge in [0.1, 0.15) is 4.83 Å². The van der Waals surface area contributed by atoms with Crippen LogP contribution in [0.2, 0.25) is 0 Å². The van der Waals surface area contributed by atoms with E-state index in [-0.39, 0.29) is 0 Å². The molecule has 0 fully saturated rings. The van der Waals surface area contributed by atoms with Gasteiger partial charge in [0, 0.05) is 4.88 Å². The Hall–Kier alpha value is -1.40. The Morgan fingerprint density at radius 1 is 1.39 bits per heavy atom. The number of hydrazine groups is 1. The molecule has 5 nitrogen and oxygen atoms in total. The molecular weight excluding hydrogens is 248 g/mol. The first kappa shape index (κ1) is 13.0. The third-order valence-electron chi connectivity index (χ3n) is 2.62. The number of anilines is 1. The second kappa shape index (κ2) is 5.97. The molecule has 0 radical (unpaired) electrons. The van der Waals surface area contributed by atoms with Crippen LogP contribution in [0.4, 0.5) is 5.95 Å². The Bertz CT molecular complexity index is 526. The number of nitrogens with zero attached hydrogens (tertiary/aromatic N) is 2. The number of nitrogens with one attached hydrogen (secondary N) is 1. The highest BCUT2D eigenvalue weighted by atomic mass is 32.1. The van der Waals surface area contributed by atoms with Gasteiger partial charge in [0.2, 0.25) is 11.8 Å². The van der Waals surface area contributed by atoms with E-state index in [4.69, 9.17) is 10.6 Å². The fourth-order valence-electron chi connectivity index (χ4n) is 1.61. The van der Waals surface area contributed by atoms with E-state index >= 15 is 0 Å². The lowest BCUT2D eigenvalue weighted by molar-refractivity contribution is 0.302. The highest BCUT2D eigenvalue weighted by molar-refractivity contribution is 7.18. The lowest BCUT2D eigenvalue weighted by Gasteiger charge is -2.06. The van der Waals surface area contributed by atoms with Crippen LogP contribution in [-0.2, 0) is 6.42 Å². The zero-order valence-electron chi connectivity index (χ0n) is 10.7. The van der Waals surface area contributed by atoms with Crippen LogP contribution in [0.1, 0.15) is 31.6 Å². The van der Waals surface area contributed by atoms with Crippen LogP contribution in [0.3, 0.4) is 0 Å². The standard InChI is InChI=1S/C12H18N4OS/c1-3-5-6-17-10-9-7-8(4-2)18-11(9)15-12(14-10)16-13/h7H,3-6,13H2,1-2H3,(H,14,15,16). The Labute approximate surface area is 110 Å². The molecule has 0 saturated heterocycles. The maximum Gasteiger partial charge on any atom is 0.241 e. The first-order chi connectivity index (χ1) is 8.78. The molecule has 0 aliphatic heterocycles. The molecule has 0 saturated carbocycles. The summed E-state index contributed by atoms with van der Waals surface area (Å²) in [7, 11) is 0.